The van der Waals surface area contributed by atoms with E-state index in [1.165, 1.54) is 6.42 Å². The second-order valence-corrected chi connectivity index (χ2v) is 6.13. The van der Waals surface area contributed by atoms with Crippen molar-refractivity contribution >= 4 is 5.97 Å². The maximum atomic E-state index is 12.5. The van der Waals surface area contributed by atoms with Gasteiger partial charge in [0.15, 0.2) is 0 Å². The highest BCUT2D eigenvalue weighted by atomic mass is 16.5. The van der Waals surface area contributed by atoms with Crippen molar-refractivity contribution in [3.05, 3.63) is 0 Å². The van der Waals surface area contributed by atoms with E-state index in [9.17, 15) is 4.79 Å². The van der Waals surface area contributed by atoms with Crippen molar-refractivity contribution in [2.45, 2.75) is 65.3 Å². The van der Waals surface area contributed by atoms with Crippen molar-refractivity contribution in [3.8, 4) is 0 Å². The minimum Gasteiger partial charge on any atom is -0.465 e. The maximum absolute atomic E-state index is 12.5. The predicted molar refractivity (Wildman–Crippen MR) is 87.4 cm³/mol. The van der Waals surface area contributed by atoms with Gasteiger partial charge in [-0.1, -0.05) is 40.0 Å². The molecular formula is C17H34N2O2. The zero-order valence-electron chi connectivity index (χ0n) is 14.4. The van der Waals surface area contributed by atoms with E-state index in [2.05, 4.69) is 31.0 Å². The summed E-state index contributed by atoms with van der Waals surface area (Å²) in [6.07, 6.45) is 5.37. The fraction of sp³-hybridized carbons (Fsp3) is 0.941. The third-order valence-electron chi connectivity index (χ3n) is 4.88. The van der Waals surface area contributed by atoms with E-state index in [1.807, 2.05) is 6.92 Å². The molecule has 2 unspecified atom stereocenters. The van der Waals surface area contributed by atoms with Gasteiger partial charge in [-0.2, -0.15) is 0 Å². The Morgan fingerprint density at radius 1 is 1.29 bits per heavy atom. The summed E-state index contributed by atoms with van der Waals surface area (Å²) in [6, 6.07) is 0. The summed E-state index contributed by atoms with van der Waals surface area (Å²) >= 11 is 0. The van der Waals surface area contributed by atoms with Crippen LogP contribution in [0.5, 0.6) is 0 Å². The van der Waals surface area contributed by atoms with E-state index >= 15 is 0 Å². The highest BCUT2D eigenvalue weighted by Gasteiger charge is 2.43. The van der Waals surface area contributed by atoms with Crippen molar-refractivity contribution in [2.75, 3.05) is 32.8 Å². The van der Waals surface area contributed by atoms with Gasteiger partial charge in [0.25, 0.3) is 0 Å². The summed E-state index contributed by atoms with van der Waals surface area (Å²) in [5.41, 5.74) is -0.442. The summed E-state index contributed by atoms with van der Waals surface area (Å²) in [4.78, 5) is 14.9. The van der Waals surface area contributed by atoms with Crippen LogP contribution < -0.4 is 5.32 Å². The van der Waals surface area contributed by atoms with Crippen LogP contribution in [0.1, 0.15) is 59.8 Å². The molecular weight excluding hydrogens is 264 g/mol. The lowest BCUT2D eigenvalue weighted by Crippen LogP contribution is -2.57. The Bertz CT molecular complexity index is 305. The molecule has 2 atom stereocenters. The van der Waals surface area contributed by atoms with Crippen molar-refractivity contribution in [2.24, 2.45) is 5.92 Å². The number of carbonyl (C=O) groups is 1. The molecule has 0 aromatic rings. The minimum absolute atomic E-state index is 0.0392. The normalized spacial score (nSPS) is 26.0. The monoisotopic (exact) mass is 298 g/mol. The third kappa shape index (κ3) is 5.26. The van der Waals surface area contributed by atoms with Crippen molar-refractivity contribution in [3.63, 3.8) is 0 Å². The molecule has 4 heteroatoms. The first-order chi connectivity index (χ1) is 10.1. The number of nitrogens with zero attached hydrogens (tertiary/aromatic N) is 1. The van der Waals surface area contributed by atoms with E-state index in [4.69, 9.17) is 4.74 Å². The van der Waals surface area contributed by atoms with Gasteiger partial charge in [-0.3, -0.25) is 4.79 Å². The van der Waals surface area contributed by atoms with Crippen LogP contribution in [-0.4, -0.2) is 49.2 Å². The highest BCUT2D eigenvalue weighted by molar-refractivity contribution is 5.81. The number of esters is 1. The van der Waals surface area contributed by atoms with Crippen LogP contribution in [0, 0.1) is 5.92 Å². The van der Waals surface area contributed by atoms with Crippen molar-refractivity contribution in [1.82, 2.24) is 10.2 Å². The molecule has 1 aliphatic carbocycles. The first-order valence-corrected chi connectivity index (χ1v) is 8.76. The summed E-state index contributed by atoms with van der Waals surface area (Å²) in [5, 5.41) is 3.57. The standard InChI is InChI=1S/C17H34N2O2/c1-5-15-10-9-11-17(14-15,16(20)21-8-4)18-12-13-19(6-2)7-3/h15,18H,5-14H2,1-4H3. The third-order valence-corrected chi connectivity index (χ3v) is 4.88. The summed E-state index contributed by atoms with van der Waals surface area (Å²) in [7, 11) is 0. The molecule has 0 heterocycles. The molecule has 1 saturated carbocycles. The average molecular weight is 298 g/mol. The van der Waals surface area contributed by atoms with Gasteiger partial charge in [0, 0.05) is 13.1 Å². The lowest BCUT2D eigenvalue weighted by atomic mass is 9.74. The van der Waals surface area contributed by atoms with Crippen LogP contribution in [0.4, 0.5) is 0 Å². The van der Waals surface area contributed by atoms with Crippen molar-refractivity contribution in [1.29, 1.82) is 0 Å². The van der Waals surface area contributed by atoms with Crippen LogP contribution in [0.25, 0.3) is 0 Å². The van der Waals surface area contributed by atoms with Gasteiger partial charge in [-0.15, -0.1) is 0 Å². The molecule has 0 radical (unpaired) electrons. The molecule has 0 bridgehead atoms. The Balaban J connectivity index is 2.66. The molecule has 0 aromatic heterocycles. The van der Waals surface area contributed by atoms with Gasteiger partial charge >= 0.3 is 5.97 Å². The molecule has 0 aliphatic heterocycles. The average Bonchev–Trinajstić information content (AvgIpc) is 2.52. The van der Waals surface area contributed by atoms with E-state index < -0.39 is 5.54 Å². The quantitative estimate of drug-likeness (QED) is 0.665. The van der Waals surface area contributed by atoms with E-state index in [1.54, 1.807) is 0 Å². The van der Waals surface area contributed by atoms with Gasteiger partial charge in [0.05, 0.1) is 6.61 Å². The van der Waals surface area contributed by atoms with Gasteiger partial charge in [0.1, 0.15) is 5.54 Å². The molecule has 4 nitrogen and oxygen atoms in total. The van der Waals surface area contributed by atoms with Crippen LogP contribution >= 0.6 is 0 Å². The van der Waals surface area contributed by atoms with E-state index in [0.29, 0.717) is 12.5 Å². The second-order valence-electron chi connectivity index (χ2n) is 6.13. The lowest BCUT2D eigenvalue weighted by molar-refractivity contribution is -0.153. The van der Waals surface area contributed by atoms with Gasteiger partial charge < -0.3 is 15.0 Å². The Morgan fingerprint density at radius 2 is 2.00 bits per heavy atom. The summed E-state index contributed by atoms with van der Waals surface area (Å²) in [6.45, 7) is 12.9. The number of hydrogen-bond acceptors (Lipinski definition) is 4. The second kappa shape index (κ2) is 9.42. The Morgan fingerprint density at radius 3 is 2.57 bits per heavy atom. The molecule has 0 aromatic carbocycles. The van der Waals surface area contributed by atoms with Crippen LogP contribution in [0.15, 0.2) is 0 Å². The summed E-state index contributed by atoms with van der Waals surface area (Å²) in [5.74, 6) is 0.604. The fourth-order valence-corrected chi connectivity index (χ4v) is 3.42. The zero-order valence-corrected chi connectivity index (χ0v) is 14.4. The Kier molecular flexibility index (Phi) is 8.27. The SMILES string of the molecule is CCOC(=O)C1(NCCN(CC)CC)CCCC(CC)C1. The topological polar surface area (TPSA) is 41.6 Å². The molecule has 1 rings (SSSR count). The molecule has 0 amide bonds. The first-order valence-electron chi connectivity index (χ1n) is 8.76. The number of rotatable bonds is 9. The number of hydrogen-bond donors (Lipinski definition) is 1. The first kappa shape index (κ1) is 18.4. The van der Waals surface area contributed by atoms with Gasteiger partial charge in [-0.25, -0.2) is 0 Å². The zero-order chi connectivity index (χ0) is 15.7. The number of carbonyl (C=O) groups excluding carboxylic acids is 1. The Labute approximate surface area is 130 Å². The Hall–Kier alpha value is -0.610. The smallest absolute Gasteiger partial charge is 0.326 e. The molecule has 0 saturated heterocycles. The minimum atomic E-state index is -0.442. The fourth-order valence-electron chi connectivity index (χ4n) is 3.42. The number of likely N-dealkylation sites (N-methyl/N-ethyl adjacent to an activating group) is 1. The van der Waals surface area contributed by atoms with E-state index in [0.717, 1.165) is 51.9 Å². The molecule has 21 heavy (non-hydrogen) atoms. The van der Waals surface area contributed by atoms with E-state index in [-0.39, 0.29) is 5.97 Å². The largest absolute Gasteiger partial charge is 0.465 e. The van der Waals surface area contributed by atoms with Crippen LogP contribution in [0.2, 0.25) is 0 Å². The molecule has 0 spiro atoms. The lowest BCUT2D eigenvalue weighted by Gasteiger charge is -2.40. The van der Waals surface area contributed by atoms with Gasteiger partial charge in [-0.05, 0) is 38.8 Å². The summed E-state index contributed by atoms with van der Waals surface area (Å²) < 4.78 is 5.37. The number of nitrogens with one attached hydrogen (secondary N) is 1. The van der Waals surface area contributed by atoms with Crippen LogP contribution in [-0.2, 0) is 9.53 Å². The van der Waals surface area contributed by atoms with Crippen LogP contribution in [0.3, 0.4) is 0 Å². The van der Waals surface area contributed by atoms with Crippen molar-refractivity contribution < 1.29 is 9.53 Å². The number of ether oxygens (including phenoxy) is 1. The molecule has 1 aliphatic rings. The molecule has 124 valence electrons. The molecule has 1 fully saturated rings. The highest BCUT2D eigenvalue weighted by Crippen LogP contribution is 2.35. The predicted octanol–water partition coefficient (Wildman–Crippen LogP) is 2.82. The molecule has 1 N–H and O–H groups in total. The van der Waals surface area contributed by atoms with Gasteiger partial charge in [0.2, 0.25) is 0 Å². The maximum Gasteiger partial charge on any atom is 0.326 e.